The van der Waals surface area contributed by atoms with Crippen molar-refractivity contribution in [1.29, 1.82) is 0 Å². The highest BCUT2D eigenvalue weighted by atomic mass is 35.5. The molecule has 0 fully saturated rings. The molecule has 0 aromatic heterocycles. The van der Waals surface area contributed by atoms with E-state index >= 15 is 0 Å². The second-order valence-electron chi connectivity index (χ2n) is 4.34. The fourth-order valence-corrected chi connectivity index (χ4v) is 2.37. The normalized spacial score (nSPS) is 10.2. The Hall–Kier alpha value is -2.44. The molecule has 0 unspecified atom stereocenters. The lowest BCUT2D eigenvalue weighted by Gasteiger charge is -2.15. The van der Waals surface area contributed by atoms with Gasteiger partial charge < -0.3 is 19.7 Å². The molecule has 2 rings (SSSR count). The number of phenolic OH excluding ortho intramolecular Hbond substituents is 2. The monoisotopic (exact) mass is 356 g/mol. The quantitative estimate of drug-likeness (QED) is 0.790. The van der Waals surface area contributed by atoms with Crippen molar-refractivity contribution in [2.24, 2.45) is 0 Å². The van der Waals surface area contributed by atoms with E-state index in [-0.39, 0.29) is 38.4 Å². The summed E-state index contributed by atoms with van der Waals surface area (Å²) in [5.74, 6) is -1.27. The summed E-state index contributed by atoms with van der Waals surface area (Å²) in [5, 5.41) is 19.6. The predicted molar refractivity (Wildman–Crippen MR) is 83.6 cm³/mol. The molecule has 0 atom stereocenters. The number of carbonyl (C=O) groups excluding carboxylic acids is 2. The van der Waals surface area contributed by atoms with E-state index in [1.807, 2.05) is 0 Å². The van der Waals surface area contributed by atoms with Crippen LogP contribution in [0.2, 0.25) is 10.0 Å². The lowest BCUT2D eigenvalue weighted by Crippen LogP contribution is -1.97. The molecule has 0 aliphatic heterocycles. The van der Waals surface area contributed by atoms with Gasteiger partial charge in [0.1, 0.15) is 17.6 Å². The van der Waals surface area contributed by atoms with Gasteiger partial charge in [-0.15, -0.1) is 0 Å². The van der Waals surface area contributed by atoms with Crippen LogP contribution >= 0.6 is 23.2 Å². The van der Waals surface area contributed by atoms with E-state index < -0.39 is 11.5 Å². The van der Waals surface area contributed by atoms with Gasteiger partial charge >= 0.3 is 0 Å². The van der Waals surface area contributed by atoms with Gasteiger partial charge in [-0.2, -0.15) is 0 Å². The molecule has 0 aliphatic rings. The first-order valence-corrected chi connectivity index (χ1v) is 6.88. The number of aromatic hydroxyl groups is 2. The molecular formula is C15H10Cl2O6. The second kappa shape index (κ2) is 6.76. The second-order valence-corrected chi connectivity index (χ2v) is 5.16. The molecule has 0 bridgehead atoms. The van der Waals surface area contributed by atoms with Crippen molar-refractivity contribution in [3.8, 4) is 28.7 Å². The minimum atomic E-state index is -0.510. The first-order valence-electron chi connectivity index (χ1n) is 6.13. The number of methoxy groups -OCH3 is 1. The Balaban J connectivity index is 2.62. The van der Waals surface area contributed by atoms with Crippen LogP contribution in [0.3, 0.4) is 0 Å². The van der Waals surface area contributed by atoms with Crippen LogP contribution < -0.4 is 9.47 Å². The molecule has 0 aliphatic carbocycles. The maximum absolute atomic E-state index is 11.2. The summed E-state index contributed by atoms with van der Waals surface area (Å²) in [6.07, 6.45) is 0.829. The molecule has 2 aromatic carbocycles. The van der Waals surface area contributed by atoms with Gasteiger partial charge in [0.15, 0.2) is 23.5 Å². The van der Waals surface area contributed by atoms with E-state index in [0.29, 0.717) is 12.6 Å². The summed E-state index contributed by atoms with van der Waals surface area (Å²) in [6, 6.07) is 3.66. The number of benzene rings is 2. The maximum Gasteiger partial charge on any atom is 0.210 e. The Bertz CT molecular complexity index is 788. The average molecular weight is 357 g/mol. The molecule has 2 aromatic rings. The average Bonchev–Trinajstić information content (AvgIpc) is 2.53. The van der Waals surface area contributed by atoms with Crippen molar-refractivity contribution in [2.75, 3.05) is 7.11 Å². The minimum absolute atomic E-state index is 0.0365. The van der Waals surface area contributed by atoms with Gasteiger partial charge in [-0.1, -0.05) is 23.2 Å². The van der Waals surface area contributed by atoms with Crippen molar-refractivity contribution in [3.05, 3.63) is 39.4 Å². The third kappa shape index (κ3) is 3.18. The summed E-state index contributed by atoms with van der Waals surface area (Å²) < 4.78 is 10.5. The number of phenols is 2. The Kier molecular flexibility index (Phi) is 4.98. The van der Waals surface area contributed by atoms with Crippen LogP contribution in [0.5, 0.6) is 28.7 Å². The fraction of sp³-hybridized carbons (Fsp3) is 0.0667. The zero-order chi connectivity index (χ0) is 17.1. The van der Waals surface area contributed by atoms with Crippen molar-refractivity contribution >= 4 is 35.8 Å². The maximum atomic E-state index is 11.2. The molecular weight excluding hydrogens is 347 g/mol. The fourth-order valence-electron chi connectivity index (χ4n) is 1.86. The number of ether oxygens (including phenoxy) is 2. The SMILES string of the molecule is COc1cc(C=O)cc(O)c1Oc1c(Cl)cc(Cl)c(O)c1C=O. The molecule has 0 radical (unpaired) electrons. The number of carbonyl (C=O) groups is 2. The summed E-state index contributed by atoms with van der Waals surface area (Å²) in [4.78, 5) is 22.0. The van der Waals surface area contributed by atoms with Crippen molar-refractivity contribution in [2.45, 2.75) is 0 Å². The van der Waals surface area contributed by atoms with Gasteiger partial charge in [-0.05, 0) is 18.2 Å². The van der Waals surface area contributed by atoms with Gasteiger partial charge in [0.2, 0.25) is 5.75 Å². The molecule has 6 nitrogen and oxygen atoms in total. The Morgan fingerprint density at radius 1 is 1.00 bits per heavy atom. The molecule has 0 amide bonds. The highest BCUT2D eigenvalue weighted by molar-refractivity contribution is 6.37. The Morgan fingerprint density at radius 2 is 1.70 bits per heavy atom. The number of aldehydes is 2. The number of hydrogen-bond acceptors (Lipinski definition) is 6. The lowest BCUT2D eigenvalue weighted by molar-refractivity contribution is 0.111. The number of halogens is 2. The topological polar surface area (TPSA) is 93.1 Å². The smallest absolute Gasteiger partial charge is 0.210 e. The largest absolute Gasteiger partial charge is 0.505 e. The van der Waals surface area contributed by atoms with Gasteiger partial charge in [0.05, 0.1) is 17.2 Å². The van der Waals surface area contributed by atoms with Gasteiger partial charge in [0, 0.05) is 5.56 Å². The third-order valence-corrected chi connectivity index (χ3v) is 3.50. The van der Waals surface area contributed by atoms with E-state index in [2.05, 4.69) is 0 Å². The highest BCUT2D eigenvalue weighted by Crippen LogP contribution is 2.46. The highest BCUT2D eigenvalue weighted by Gasteiger charge is 2.21. The van der Waals surface area contributed by atoms with Gasteiger partial charge in [-0.25, -0.2) is 0 Å². The molecule has 120 valence electrons. The molecule has 0 heterocycles. The minimum Gasteiger partial charge on any atom is -0.505 e. The number of rotatable bonds is 5. The van der Waals surface area contributed by atoms with Crippen LogP contribution in [0.4, 0.5) is 0 Å². The van der Waals surface area contributed by atoms with E-state index in [1.54, 1.807) is 0 Å². The van der Waals surface area contributed by atoms with Gasteiger partial charge in [-0.3, -0.25) is 9.59 Å². The van der Waals surface area contributed by atoms with Crippen LogP contribution in [0.25, 0.3) is 0 Å². The summed E-state index contributed by atoms with van der Waals surface area (Å²) in [6.45, 7) is 0. The van der Waals surface area contributed by atoms with Crippen molar-refractivity contribution < 1.29 is 29.3 Å². The van der Waals surface area contributed by atoms with E-state index in [4.69, 9.17) is 32.7 Å². The molecule has 2 N–H and O–H groups in total. The van der Waals surface area contributed by atoms with E-state index in [1.165, 1.54) is 19.2 Å². The zero-order valence-electron chi connectivity index (χ0n) is 11.7. The predicted octanol–water partition coefficient (Wildman–Crippen LogP) is 3.83. The molecule has 8 heteroatoms. The van der Waals surface area contributed by atoms with Crippen LogP contribution in [0.1, 0.15) is 20.7 Å². The molecule has 0 saturated heterocycles. The standard InChI is InChI=1S/C15H10Cl2O6/c1-22-12-3-7(5-18)2-11(20)15(12)23-14-8(6-19)13(21)9(16)4-10(14)17/h2-6,20-21H,1H3. The third-order valence-electron chi connectivity index (χ3n) is 2.93. The van der Waals surface area contributed by atoms with Gasteiger partial charge in [0.25, 0.3) is 0 Å². The van der Waals surface area contributed by atoms with Crippen LogP contribution in [0, 0.1) is 0 Å². The lowest BCUT2D eigenvalue weighted by atomic mass is 10.1. The first-order chi connectivity index (χ1) is 10.9. The van der Waals surface area contributed by atoms with E-state index in [0.717, 1.165) is 6.07 Å². The molecule has 23 heavy (non-hydrogen) atoms. The Morgan fingerprint density at radius 3 is 2.26 bits per heavy atom. The summed E-state index contributed by atoms with van der Waals surface area (Å²) in [5.41, 5.74) is -0.129. The summed E-state index contributed by atoms with van der Waals surface area (Å²) >= 11 is 11.7. The van der Waals surface area contributed by atoms with Crippen LogP contribution in [0.15, 0.2) is 18.2 Å². The molecule has 0 spiro atoms. The summed E-state index contributed by atoms with van der Waals surface area (Å²) in [7, 11) is 1.30. The van der Waals surface area contributed by atoms with Crippen molar-refractivity contribution in [1.82, 2.24) is 0 Å². The number of hydrogen-bond donors (Lipinski definition) is 2. The first kappa shape index (κ1) is 16.9. The van der Waals surface area contributed by atoms with Crippen LogP contribution in [-0.2, 0) is 0 Å². The van der Waals surface area contributed by atoms with Crippen LogP contribution in [-0.4, -0.2) is 29.9 Å². The molecule has 0 saturated carbocycles. The Labute approximate surface area is 140 Å². The van der Waals surface area contributed by atoms with E-state index in [9.17, 15) is 19.8 Å². The van der Waals surface area contributed by atoms with Crippen molar-refractivity contribution in [3.63, 3.8) is 0 Å². The zero-order valence-corrected chi connectivity index (χ0v) is 13.2.